The summed E-state index contributed by atoms with van der Waals surface area (Å²) in [5, 5.41) is 25.7. The summed E-state index contributed by atoms with van der Waals surface area (Å²) in [5.74, 6) is -0.188. The molecule has 134 valence electrons. The van der Waals surface area contributed by atoms with Gasteiger partial charge in [-0.3, -0.25) is 4.79 Å². The van der Waals surface area contributed by atoms with E-state index < -0.39 is 5.97 Å². The van der Waals surface area contributed by atoms with Gasteiger partial charge in [-0.1, -0.05) is 0 Å². The molecule has 1 amide bonds. The van der Waals surface area contributed by atoms with Crippen LogP contribution in [0, 0.1) is 0 Å². The molecule has 0 radical (unpaired) electrons. The van der Waals surface area contributed by atoms with Gasteiger partial charge in [-0.2, -0.15) is 9.61 Å². The van der Waals surface area contributed by atoms with E-state index in [0.717, 1.165) is 12.8 Å². The molecule has 1 saturated carbocycles. The van der Waals surface area contributed by atoms with Crippen molar-refractivity contribution in [2.24, 2.45) is 0 Å². The van der Waals surface area contributed by atoms with Crippen LogP contribution in [0.25, 0.3) is 5.65 Å². The van der Waals surface area contributed by atoms with Gasteiger partial charge in [-0.15, -0.1) is 11.3 Å². The van der Waals surface area contributed by atoms with Crippen LogP contribution >= 0.6 is 11.3 Å². The molecule has 0 spiro atoms. The second-order valence-electron chi connectivity index (χ2n) is 5.95. The molecule has 0 aromatic carbocycles. The highest BCUT2D eigenvalue weighted by Crippen LogP contribution is 2.27. The van der Waals surface area contributed by atoms with Crippen LogP contribution in [0.2, 0.25) is 0 Å². The second-order valence-corrected chi connectivity index (χ2v) is 6.69. The van der Waals surface area contributed by atoms with Crippen molar-refractivity contribution in [1.82, 2.24) is 19.9 Å². The average Bonchev–Trinajstić information content (AvgIpc) is 3.13. The Morgan fingerprint density at radius 3 is 2.81 bits per heavy atom. The predicted octanol–water partition coefficient (Wildman–Crippen LogP) is 2.17. The lowest BCUT2D eigenvalue weighted by atomic mass is 10.3. The van der Waals surface area contributed by atoms with E-state index in [4.69, 9.17) is 0 Å². The van der Waals surface area contributed by atoms with Crippen LogP contribution in [0.1, 0.15) is 33.6 Å². The highest BCUT2D eigenvalue weighted by molar-refractivity contribution is 7.08. The van der Waals surface area contributed by atoms with Crippen LogP contribution < -0.4 is 16.0 Å². The van der Waals surface area contributed by atoms with Gasteiger partial charge in [0, 0.05) is 29.9 Å². The first kappa shape index (κ1) is 16.3. The second kappa shape index (κ2) is 6.30. The van der Waals surface area contributed by atoms with Gasteiger partial charge in [0.1, 0.15) is 17.2 Å². The first-order chi connectivity index (χ1) is 12.6. The molecule has 9 nitrogen and oxygen atoms in total. The minimum Gasteiger partial charge on any atom is -0.478 e. The van der Waals surface area contributed by atoms with E-state index in [-0.39, 0.29) is 17.5 Å². The van der Waals surface area contributed by atoms with Crippen molar-refractivity contribution < 1.29 is 14.7 Å². The van der Waals surface area contributed by atoms with Gasteiger partial charge in [0.15, 0.2) is 5.65 Å². The number of carbonyl (C=O) groups excluding carboxylic acids is 1. The quantitative estimate of drug-likeness (QED) is 0.523. The van der Waals surface area contributed by atoms with Gasteiger partial charge in [0.2, 0.25) is 0 Å². The van der Waals surface area contributed by atoms with Crippen molar-refractivity contribution in [1.29, 1.82) is 0 Å². The SMILES string of the molecule is CNc1cc(Nc2cscc2C(=O)O)nc2c(C(=O)NC3CC3)cnn12. The molecule has 0 atom stereocenters. The van der Waals surface area contributed by atoms with E-state index >= 15 is 0 Å². The number of carboxylic acids is 1. The summed E-state index contributed by atoms with van der Waals surface area (Å²) >= 11 is 1.28. The molecule has 0 saturated heterocycles. The van der Waals surface area contributed by atoms with E-state index in [0.29, 0.717) is 28.5 Å². The summed E-state index contributed by atoms with van der Waals surface area (Å²) in [6.07, 6.45) is 3.46. The molecular formula is C16H16N6O3S. The Bertz CT molecular complexity index is 1010. The molecule has 26 heavy (non-hydrogen) atoms. The number of nitrogens with one attached hydrogen (secondary N) is 3. The van der Waals surface area contributed by atoms with Crippen LogP contribution in [0.15, 0.2) is 23.0 Å². The average molecular weight is 372 g/mol. The monoisotopic (exact) mass is 372 g/mol. The smallest absolute Gasteiger partial charge is 0.338 e. The highest BCUT2D eigenvalue weighted by atomic mass is 32.1. The van der Waals surface area contributed by atoms with Crippen molar-refractivity contribution in [3.63, 3.8) is 0 Å². The zero-order valence-corrected chi connectivity index (χ0v) is 14.6. The van der Waals surface area contributed by atoms with E-state index in [1.54, 1.807) is 28.4 Å². The maximum absolute atomic E-state index is 12.4. The topological polar surface area (TPSA) is 121 Å². The van der Waals surface area contributed by atoms with Crippen molar-refractivity contribution in [2.75, 3.05) is 17.7 Å². The largest absolute Gasteiger partial charge is 0.478 e. The molecule has 0 unspecified atom stereocenters. The van der Waals surface area contributed by atoms with Gasteiger partial charge in [-0.25, -0.2) is 9.78 Å². The Morgan fingerprint density at radius 1 is 1.31 bits per heavy atom. The normalized spacial score (nSPS) is 13.6. The Morgan fingerprint density at radius 2 is 2.12 bits per heavy atom. The van der Waals surface area contributed by atoms with Crippen LogP contribution in [-0.4, -0.2) is 44.7 Å². The highest BCUT2D eigenvalue weighted by Gasteiger charge is 2.26. The molecule has 3 aromatic heterocycles. The minimum absolute atomic E-state index is 0.169. The number of nitrogens with zero attached hydrogens (tertiary/aromatic N) is 3. The minimum atomic E-state index is -1.02. The van der Waals surface area contributed by atoms with E-state index in [2.05, 4.69) is 26.0 Å². The maximum atomic E-state index is 12.4. The van der Waals surface area contributed by atoms with Crippen molar-refractivity contribution in [3.8, 4) is 0 Å². The van der Waals surface area contributed by atoms with Crippen molar-refractivity contribution >= 4 is 46.2 Å². The summed E-state index contributed by atoms with van der Waals surface area (Å²) in [5.41, 5.74) is 1.39. The van der Waals surface area contributed by atoms with Gasteiger partial charge in [-0.05, 0) is 12.8 Å². The third-order valence-corrected chi connectivity index (χ3v) is 4.78. The molecule has 1 aliphatic carbocycles. The first-order valence-corrected chi connectivity index (χ1v) is 8.95. The molecule has 10 heteroatoms. The van der Waals surface area contributed by atoms with Crippen molar-refractivity contribution in [2.45, 2.75) is 18.9 Å². The molecule has 3 aromatic rings. The zero-order chi connectivity index (χ0) is 18.3. The lowest BCUT2D eigenvalue weighted by molar-refractivity contribution is 0.0698. The number of fused-ring (bicyclic) bond motifs is 1. The Balaban J connectivity index is 1.73. The van der Waals surface area contributed by atoms with Crippen LogP contribution in [0.5, 0.6) is 0 Å². The van der Waals surface area contributed by atoms with E-state index in [9.17, 15) is 14.7 Å². The van der Waals surface area contributed by atoms with Gasteiger partial charge in [0.05, 0.1) is 17.4 Å². The number of hydrogen-bond acceptors (Lipinski definition) is 7. The number of carbonyl (C=O) groups is 2. The summed E-state index contributed by atoms with van der Waals surface area (Å²) in [7, 11) is 1.73. The predicted molar refractivity (Wildman–Crippen MR) is 97.6 cm³/mol. The van der Waals surface area contributed by atoms with Gasteiger partial charge in [0.25, 0.3) is 5.91 Å². The fraction of sp³-hybridized carbons (Fsp3) is 0.250. The number of aromatic nitrogens is 3. The molecule has 3 heterocycles. The Hall–Kier alpha value is -3.14. The fourth-order valence-corrected chi connectivity index (χ4v) is 3.31. The Labute approximate surface area is 152 Å². The van der Waals surface area contributed by atoms with E-state index in [1.807, 2.05) is 0 Å². The lowest BCUT2D eigenvalue weighted by Gasteiger charge is -2.10. The number of hydrogen-bond donors (Lipinski definition) is 4. The molecular weight excluding hydrogens is 356 g/mol. The molecule has 4 rings (SSSR count). The molecule has 0 bridgehead atoms. The van der Waals surface area contributed by atoms with Crippen LogP contribution in [0.4, 0.5) is 17.3 Å². The van der Waals surface area contributed by atoms with Crippen LogP contribution in [0.3, 0.4) is 0 Å². The zero-order valence-electron chi connectivity index (χ0n) is 13.8. The summed E-state index contributed by atoms with van der Waals surface area (Å²) in [6.45, 7) is 0. The third-order valence-electron chi connectivity index (χ3n) is 4.04. The number of anilines is 3. The number of amides is 1. The number of aromatic carboxylic acids is 1. The molecule has 1 fully saturated rings. The third kappa shape index (κ3) is 2.94. The Kier molecular flexibility index (Phi) is 3.96. The van der Waals surface area contributed by atoms with Crippen molar-refractivity contribution in [3.05, 3.63) is 34.2 Å². The molecule has 4 N–H and O–H groups in total. The van der Waals surface area contributed by atoms with Gasteiger partial charge < -0.3 is 21.1 Å². The number of rotatable bonds is 6. The maximum Gasteiger partial charge on any atom is 0.338 e. The molecule has 1 aliphatic rings. The fourth-order valence-electron chi connectivity index (χ4n) is 2.55. The number of carboxylic acid groups (broad SMARTS) is 1. The summed E-state index contributed by atoms with van der Waals surface area (Å²) in [6, 6.07) is 1.93. The van der Waals surface area contributed by atoms with Gasteiger partial charge >= 0.3 is 5.97 Å². The molecule has 0 aliphatic heterocycles. The summed E-state index contributed by atoms with van der Waals surface area (Å²) in [4.78, 5) is 28.2. The van der Waals surface area contributed by atoms with E-state index in [1.165, 1.54) is 17.5 Å². The van der Waals surface area contributed by atoms with Crippen LogP contribution in [-0.2, 0) is 0 Å². The lowest BCUT2D eigenvalue weighted by Crippen LogP contribution is -2.25. The number of thiophene rings is 1. The summed E-state index contributed by atoms with van der Waals surface area (Å²) < 4.78 is 1.54. The first-order valence-electron chi connectivity index (χ1n) is 8.00. The standard InChI is InChI=1S/C16H16N6O3S/c1-17-13-4-12(20-11-7-26-6-10(11)16(24)25)21-14-9(5-18-22(13)14)15(23)19-8-2-3-8/h4-8,17H,2-3H2,1H3,(H,19,23)(H,20,21)(H,24,25).